The van der Waals surface area contributed by atoms with Crippen LogP contribution >= 0.6 is 0 Å². The molecule has 90 valence electrons. The van der Waals surface area contributed by atoms with Crippen molar-refractivity contribution in [1.29, 1.82) is 0 Å². The van der Waals surface area contributed by atoms with Crippen LogP contribution in [0.15, 0.2) is 22.8 Å². The largest absolute Gasteiger partial charge is 0.467 e. The molecule has 0 radical (unpaired) electrons. The van der Waals surface area contributed by atoms with Crippen molar-refractivity contribution in [3.05, 3.63) is 24.2 Å². The van der Waals surface area contributed by atoms with E-state index in [0.717, 1.165) is 18.8 Å². The monoisotopic (exact) mass is 224 g/mol. The maximum Gasteiger partial charge on any atom is 0.133 e. The van der Waals surface area contributed by atoms with Gasteiger partial charge in [-0.2, -0.15) is 0 Å². The van der Waals surface area contributed by atoms with Crippen LogP contribution in [0.3, 0.4) is 0 Å². The van der Waals surface area contributed by atoms with Crippen molar-refractivity contribution in [3.63, 3.8) is 0 Å². The van der Waals surface area contributed by atoms with Gasteiger partial charge in [0.15, 0.2) is 0 Å². The topological polar surface area (TPSA) is 31.6 Å². The summed E-state index contributed by atoms with van der Waals surface area (Å²) in [6.45, 7) is 7.99. The molecule has 3 nitrogen and oxygen atoms in total. The van der Waals surface area contributed by atoms with Gasteiger partial charge in [0.05, 0.1) is 19.0 Å². The fraction of sp³-hybridized carbons (Fsp3) is 0.692. The molecule has 0 amide bonds. The molecule has 1 aromatic heterocycles. The van der Waals surface area contributed by atoms with Crippen LogP contribution in [0.2, 0.25) is 0 Å². The zero-order valence-electron chi connectivity index (χ0n) is 10.2. The first-order chi connectivity index (χ1) is 7.66. The molecule has 0 aromatic carbocycles. The van der Waals surface area contributed by atoms with Gasteiger partial charge < -0.3 is 13.9 Å². The lowest BCUT2D eigenvalue weighted by Gasteiger charge is -2.50. The first-order valence-electron chi connectivity index (χ1n) is 5.93. The first-order valence-corrected chi connectivity index (χ1v) is 5.93. The van der Waals surface area contributed by atoms with E-state index in [1.807, 2.05) is 12.1 Å². The molecule has 2 unspecified atom stereocenters. The first kappa shape index (κ1) is 11.7. The van der Waals surface area contributed by atoms with Crippen LogP contribution in [0.25, 0.3) is 0 Å². The van der Waals surface area contributed by atoms with Crippen LogP contribution in [-0.4, -0.2) is 19.3 Å². The second-order valence-electron chi connectivity index (χ2n) is 4.92. The summed E-state index contributed by atoms with van der Waals surface area (Å²) in [5.74, 6) is 0.914. The molecule has 2 atom stereocenters. The lowest BCUT2D eigenvalue weighted by atomic mass is 9.74. The second kappa shape index (κ2) is 4.60. The maximum atomic E-state index is 5.83. The highest BCUT2D eigenvalue weighted by molar-refractivity contribution is 5.12. The minimum atomic E-state index is 0.0673. The van der Waals surface area contributed by atoms with E-state index in [9.17, 15) is 0 Å². The molecule has 1 aromatic rings. The molecule has 16 heavy (non-hydrogen) atoms. The highest BCUT2D eigenvalue weighted by Crippen LogP contribution is 2.51. The van der Waals surface area contributed by atoms with Crippen molar-refractivity contribution in [2.45, 2.75) is 39.4 Å². The van der Waals surface area contributed by atoms with E-state index in [0.29, 0.717) is 6.61 Å². The number of rotatable bonds is 5. The van der Waals surface area contributed by atoms with Gasteiger partial charge in [-0.05, 0) is 18.6 Å². The summed E-state index contributed by atoms with van der Waals surface area (Å²) in [5.41, 5.74) is 0.0889. The summed E-state index contributed by atoms with van der Waals surface area (Å²) in [6, 6.07) is 3.87. The molecule has 0 bridgehead atoms. The van der Waals surface area contributed by atoms with Crippen LogP contribution < -0.4 is 0 Å². The van der Waals surface area contributed by atoms with E-state index in [1.165, 1.54) is 0 Å². The molecule has 1 aliphatic rings. The predicted molar refractivity (Wildman–Crippen MR) is 61.2 cm³/mol. The molecule has 1 saturated heterocycles. The number of hydrogen-bond donors (Lipinski definition) is 0. The van der Waals surface area contributed by atoms with Gasteiger partial charge in [-0.1, -0.05) is 20.8 Å². The van der Waals surface area contributed by atoms with Crippen LogP contribution in [0.1, 0.15) is 39.1 Å². The smallest absolute Gasteiger partial charge is 0.133 e. The van der Waals surface area contributed by atoms with Crippen LogP contribution in [0, 0.1) is 5.41 Å². The van der Waals surface area contributed by atoms with Crippen molar-refractivity contribution in [2.75, 3.05) is 13.2 Å². The van der Waals surface area contributed by atoms with E-state index >= 15 is 0 Å². The molecule has 0 saturated carbocycles. The zero-order valence-corrected chi connectivity index (χ0v) is 10.2. The molecular formula is C13H20O3. The standard InChI is InChI=1S/C13H20O3/c1-4-7-14-9-11-13(2,3)12(16-11)10-6-5-8-15-10/h5-6,8,11-12H,4,7,9H2,1-3H3. The van der Waals surface area contributed by atoms with E-state index in [4.69, 9.17) is 13.9 Å². The summed E-state index contributed by atoms with van der Waals surface area (Å²) < 4.78 is 16.7. The second-order valence-corrected chi connectivity index (χ2v) is 4.92. The minimum Gasteiger partial charge on any atom is -0.467 e. The Morgan fingerprint density at radius 3 is 2.81 bits per heavy atom. The molecule has 2 heterocycles. The quantitative estimate of drug-likeness (QED) is 0.720. The average molecular weight is 224 g/mol. The van der Waals surface area contributed by atoms with Crippen LogP contribution in [0.4, 0.5) is 0 Å². The Bertz CT molecular complexity index is 316. The SMILES string of the molecule is CCCOCC1OC(c2ccco2)C1(C)C. The number of furan rings is 1. The Labute approximate surface area is 96.7 Å². The Balaban J connectivity index is 1.89. The summed E-state index contributed by atoms with van der Waals surface area (Å²) in [6.07, 6.45) is 2.98. The number of hydrogen-bond acceptors (Lipinski definition) is 3. The zero-order chi connectivity index (χ0) is 11.6. The van der Waals surface area contributed by atoms with Crippen LogP contribution in [-0.2, 0) is 9.47 Å². The van der Waals surface area contributed by atoms with Crippen molar-refractivity contribution >= 4 is 0 Å². The summed E-state index contributed by atoms with van der Waals surface area (Å²) in [7, 11) is 0. The van der Waals surface area contributed by atoms with Gasteiger partial charge in [-0.3, -0.25) is 0 Å². The molecule has 1 fully saturated rings. The maximum absolute atomic E-state index is 5.83. The minimum absolute atomic E-state index is 0.0673. The van der Waals surface area contributed by atoms with Crippen molar-refractivity contribution in [2.24, 2.45) is 5.41 Å². The van der Waals surface area contributed by atoms with Crippen LogP contribution in [0.5, 0.6) is 0 Å². The Hall–Kier alpha value is -0.800. The Kier molecular flexibility index (Phi) is 3.36. The van der Waals surface area contributed by atoms with E-state index in [-0.39, 0.29) is 17.6 Å². The van der Waals surface area contributed by atoms with Gasteiger partial charge in [-0.15, -0.1) is 0 Å². The summed E-state index contributed by atoms with van der Waals surface area (Å²) in [4.78, 5) is 0. The molecule has 0 aliphatic carbocycles. The molecule has 2 rings (SSSR count). The third-order valence-corrected chi connectivity index (χ3v) is 3.23. The van der Waals surface area contributed by atoms with Gasteiger partial charge >= 0.3 is 0 Å². The van der Waals surface area contributed by atoms with E-state index < -0.39 is 0 Å². The lowest BCUT2D eigenvalue weighted by molar-refractivity contribution is -0.261. The predicted octanol–water partition coefficient (Wildman–Crippen LogP) is 3.17. The molecule has 1 aliphatic heterocycles. The third kappa shape index (κ3) is 2.02. The fourth-order valence-electron chi connectivity index (χ4n) is 2.07. The molecular weight excluding hydrogens is 204 g/mol. The van der Waals surface area contributed by atoms with Crippen molar-refractivity contribution < 1.29 is 13.9 Å². The Morgan fingerprint density at radius 2 is 2.25 bits per heavy atom. The lowest BCUT2D eigenvalue weighted by Crippen LogP contribution is -2.52. The van der Waals surface area contributed by atoms with Gasteiger partial charge in [0.2, 0.25) is 0 Å². The highest BCUT2D eigenvalue weighted by atomic mass is 16.6. The van der Waals surface area contributed by atoms with Gasteiger partial charge in [0.25, 0.3) is 0 Å². The van der Waals surface area contributed by atoms with Gasteiger partial charge in [0, 0.05) is 12.0 Å². The summed E-state index contributed by atoms with van der Waals surface area (Å²) >= 11 is 0. The highest BCUT2D eigenvalue weighted by Gasteiger charge is 2.51. The summed E-state index contributed by atoms with van der Waals surface area (Å²) in [5, 5.41) is 0. The fourth-order valence-corrected chi connectivity index (χ4v) is 2.07. The molecule has 0 N–H and O–H groups in total. The number of ether oxygens (including phenoxy) is 2. The van der Waals surface area contributed by atoms with Crippen molar-refractivity contribution in [3.8, 4) is 0 Å². The van der Waals surface area contributed by atoms with Gasteiger partial charge in [-0.25, -0.2) is 0 Å². The van der Waals surface area contributed by atoms with Crippen molar-refractivity contribution in [1.82, 2.24) is 0 Å². The normalized spacial score (nSPS) is 27.7. The molecule has 3 heteroatoms. The third-order valence-electron chi connectivity index (χ3n) is 3.23. The Morgan fingerprint density at radius 1 is 1.44 bits per heavy atom. The average Bonchev–Trinajstić information content (AvgIpc) is 2.75. The van der Waals surface area contributed by atoms with E-state index in [2.05, 4.69) is 20.8 Å². The molecule has 0 spiro atoms. The van der Waals surface area contributed by atoms with Gasteiger partial charge in [0.1, 0.15) is 11.9 Å². The van der Waals surface area contributed by atoms with E-state index in [1.54, 1.807) is 6.26 Å².